The van der Waals surface area contributed by atoms with E-state index >= 15 is 0 Å². The van der Waals surface area contributed by atoms with Crippen LogP contribution in [-0.2, 0) is 6.42 Å². The van der Waals surface area contributed by atoms with Crippen LogP contribution in [0.2, 0.25) is 4.34 Å². The molecule has 0 bridgehead atoms. The van der Waals surface area contributed by atoms with E-state index in [1.807, 2.05) is 12.1 Å². The summed E-state index contributed by atoms with van der Waals surface area (Å²) in [5.41, 5.74) is 0. The van der Waals surface area contributed by atoms with E-state index in [0.717, 1.165) is 16.7 Å². The number of aliphatic hydroxyl groups excluding tert-OH is 1. The van der Waals surface area contributed by atoms with Crippen LogP contribution in [0.3, 0.4) is 0 Å². The van der Waals surface area contributed by atoms with Gasteiger partial charge in [0.1, 0.15) is 0 Å². The normalized spacial score (nSPS) is 27.0. The van der Waals surface area contributed by atoms with E-state index in [1.165, 1.54) is 37.0 Å². The quantitative estimate of drug-likeness (QED) is 0.854. The van der Waals surface area contributed by atoms with Gasteiger partial charge in [0, 0.05) is 11.3 Å². The van der Waals surface area contributed by atoms with Gasteiger partial charge in [-0.15, -0.1) is 11.3 Å². The molecule has 0 amide bonds. The zero-order valence-corrected chi connectivity index (χ0v) is 11.9. The predicted molar refractivity (Wildman–Crippen MR) is 74.8 cm³/mol. The summed E-state index contributed by atoms with van der Waals surface area (Å²) in [6.07, 6.45) is 6.88. The highest BCUT2D eigenvalue weighted by molar-refractivity contribution is 7.16. The monoisotopic (exact) mass is 272 g/mol. The maximum absolute atomic E-state index is 10.3. The van der Waals surface area contributed by atoms with E-state index in [9.17, 15) is 5.11 Å². The fraction of sp³-hybridized carbons (Fsp3) is 0.714. The summed E-state index contributed by atoms with van der Waals surface area (Å²) in [6, 6.07) is 3.96. The first-order valence-electron chi connectivity index (χ1n) is 6.61. The molecule has 0 aliphatic heterocycles. The van der Waals surface area contributed by atoms with Crippen molar-refractivity contribution in [3.63, 3.8) is 0 Å². The van der Waals surface area contributed by atoms with E-state index in [-0.39, 0.29) is 6.10 Å². The Hall–Kier alpha value is -0.0500. The van der Waals surface area contributed by atoms with E-state index in [2.05, 4.69) is 6.92 Å². The van der Waals surface area contributed by atoms with Crippen LogP contribution in [0.1, 0.15) is 43.9 Å². The van der Waals surface area contributed by atoms with Gasteiger partial charge in [-0.25, -0.2) is 0 Å². The van der Waals surface area contributed by atoms with Crippen LogP contribution in [0.5, 0.6) is 0 Å². The maximum Gasteiger partial charge on any atom is 0.0931 e. The average molecular weight is 273 g/mol. The lowest BCUT2D eigenvalue weighted by Gasteiger charge is -2.31. The third-order valence-electron chi connectivity index (χ3n) is 3.98. The van der Waals surface area contributed by atoms with Gasteiger partial charge in [0.25, 0.3) is 0 Å². The molecular weight excluding hydrogens is 252 g/mol. The third kappa shape index (κ3) is 3.70. The Balaban J connectivity index is 1.88. The molecule has 1 aromatic heterocycles. The topological polar surface area (TPSA) is 20.2 Å². The van der Waals surface area contributed by atoms with Gasteiger partial charge in [-0.1, -0.05) is 37.8 Å². The highest BCUT2D eigenvalue weighted by Crippen LogP contribution is 2.34. The lowest BCUT2D eigenvalue weighted by atomic mass is 9.77. The Labute approximate surface area is 113 Å². The fourth-order valence-corrected chi connectivity index (χ4v) is 4.02. The molecule has 1 N–H and O–H groups in total. The van der Waals surface area contributed by atoms with Crippen molar-refractivity contribution in [3.05, 3.63) is 21.3 Å². The molecule has 1 heterocycles. The summed E-state index contributed by atoms with van der Waals surface area (Å²) in [5.74, 6) is 1.32. The van der Waals surface area contributed by atoms with E-state index in [1.54, 1.807) is 11.3 Å². The molecule has 3 unspecified atom stereocenters. The lowest BCUT2D eigenvalue weighted by Crippen LogP contribution is -2.28. The maximum atomic E-state index is 10.3. The van der Waals surface area contributed by atoms with Crippen molar-refractivity contribution in [2.24, 2.45) is 11.8 Å². The molecule has 96 valence electrons. The second-order valence-electron chi connectivity index (χ2n) is 5.18. The summed E-state index contributed by atoms with van der Waals surface area (Å²) in [5, 5.41) is 10.3. The van der Waals surface area contributed by atoms with Crippen LogP contribution < -0.4 is 0 Å². The van der Waals surface area contributed by atoms with Crippen LogP contribution in [0.25, 0.3) is 0 Å². The van der Waals surface area contributed by atoms with Gasteiger partial charge in [0.05, 0.1) is 10.4 Å². The molecule has 1 aliphatic carbocycles. The van der Waals surface area contributed by atoms with Gasteiger partial charge in [-0.3, -0.25) is 0 Å². The Morgan fingerprint density at radius 3 is 2.94 bits per heavy atom. The smallest absolute Gasteiger partial charge is 0.0931 e. The SMILES string of the molecule is CCC1CCCC(C(O)Cc2ccc(Cl)s2)C1. The first kappa shape index (κ1) is 13.4. The molecule has 2 rings (SSSR count). The number of halogens is 1. The molecule has 0 radical (unpaired) electrons. The second-order valence-corrected chi connectivity index (χ2v) is 6.98. The van der Waals surface area contributed by atoms with Gasteiger partial charge in [0.15, 0.2) is 0 Å². The average Bonchev–Trinajstić information content (AvgIpc) is 2.75. The minimum absolute atomic E-state index is 0.181. The number of thiophene rings is 1. The van der Waals surface area contributed by atoms with Crippen molar-refractivity contribution in [1.82, 2.24) is 0 Å². The standard InChI is InChI=1S/C14H21ClOS/c1-2-10-4-3-5-11(8-10)13(16)9-12-6-7-14(15)17-12/h6-7,10-11,13,16H,2-5,8-9H2,1H3. The molecule has 0 aromatic carbocycles. The first-order chi connectivity index (χ1) is 8.19. The summed E-state index contributed by atoms with van der Waals surface area (Å²) >= 11 is 7.50. The van der Waals surface area contributed by atoms with E-state index < -0.39 is 0 Å². The molecule has 0 saturated heterocycles. The molecular formula is C14H21ClOS. The van der Waals surface area contributed by atoms with E-state index in [4.69, 9.17) is 11.6 Å². The summed E-state index contributed by atoms with van der Waals surface area (Å²) < 4.78 is 0.822. The Morgan fingerprint density at radius 2 is 2.29 bits per heavy atom. The van der Waals surface area contributed by atoms with Crippen LogP contribution in [0.4, 0.5) is 0 Å². The highest BCUT2D eigenvalue weighted by Gasteiger charge is 2.26. The van der Waals surface area contributed by atoms with Crippen molar-refractivity contribution in [2.75, 3.05) is 0 Å². The van der Waals surface area contributed by atoms with Gasteiger partial charge in [0.2, 0.25) is 0 Å². The molecule has 1 aliphatic rings. The largest absolute Gasteiger partial charge is 0.392 e. The number of rotatable bonds is 4. The van der Waals surface area contributed by atoms with Crippen molar-refractivity contribution in [3.8, 4) is 0 Å². The molecule has 1 fully saturated rings. The molecule has 0 spiro atoms. The summed E-state index contributed by atoms with van der Waals surface area (Å²) in [4.78, 5) is 1.21. The molecule has 1 saturated carbocycles. The van der Waals surface area contributed by atoms with Crippen LogP contribution in [-0.4, -0.2) is 11.2 Å². The first-order valence-corrected chi connectivity index (χ1v) is 7.80. The summed E-state index contributed by atoms with van der Waals surface area (Å²) in [7, 11) is 0. The van der Waals surface area contributed by atoms with E-state index in [0.29, 0.717) is 5.92 Å². The fourth-order valence-electron chi connectivity index (χ4n) is 2.89. The Morgan fingerprint density at radius 1 is 1.47 bits per heavy atom. The molecule has 17 heavy (non-hydrogen) atoms. The zero-order chi connectivity index (χ0) is 12.3. The molecule has 3 atom stereocenters. The zero-order valence-electron chi connectivity index (χ0n) is 10.4. The second kappa shape index (κ2) is 6.21. The highest BCUT2D eigenvalue weighted by atomic mass is 35.5. The predicted octanol–water partition coefficient (Wildman–Crippen LogP) is 4.52. The van der Waals surface area contributed by atoms with Gasteiger partial charge in [-0.05, 0) is 36.8 Å². The van der Waals surface area contributed by atoms with Crippen molar-refractivity contribution in [2.45, 2.75) is 51.6 Å². The third-order valence-corrected chi connectivity index (χ3v) is 5.24. The number of aliphatic hydroxyl groups is 1. The summed E-state index contributed by atoms with van der Waals surface area (Å²) in [6.45, 7) is 2.26. The van der Waals surface area contributed by atoms with Gasteiger partial charge >= 0.3 is 0 Å². The molecule has 1 aromatic rings. The van der Waals surface area contributed by atoms with Crippen LogP contribution >= 0.6 is 22.9 Å². The molecule has 1 nitrogen and oxygen atoms in total. The number of hydrogen-bond acceptors (Lipinski definition) is 2. The Kier molecular flexibility index (Phi) is 4.89. The van der Waals surface area contributed by atoms with Gasteiger partial charge in [-0.2, -0.15) is 0 Å². The number of hydrogen-bond donors (Lipinski definition) is 1. The van der Waals surface area contributed by atoms with Crippen molar-refractivity contribution in [1.29, 1.82) is 0 Å². The van der Waals surface area contributed by atoms with Crippen LogP contribution in [0.15, 0.2) is 12.1 Å². The minimum atomic E-state index is -0.181. The van der Waals surface area contributed by atoms with Crippen molar-refractivity contribution >= 4 is 22.9 Å². The van der Waals surface area contributed by atoms with Crippen molar-refractivity contribution < 1.29 is 5.11 Å². The lowest BCUT2D eigenvalue weighted by molar-refractivity contribution is 0.0691. The minimum Gasteiger partial charge on any atom is -0.392 e. The van der Waals surface area contributed by atoms with Crippen LogP contribution in [0, 0.1) is 11.8 Å². The molecule has 3 heteroatoms. The van der Waals surface area contributed by atoms with Gasteiger partial charge < -0.3 is 5.11 Å². The Bertz CT molecular complexity index is 350.